The summed E-state index contributed by atoms with van der Waals surface area (Å²) in [7, 11) is 1.68. The number of anilines is 1. The number of amides is 1. The number of nitrogens with two attached hydrogens (primary N) is 1. The molecule has 3 N–H and O–H groups in total. The Labute approximate surface area is 144 Å². The first-order valence-corrected chi connectivity index (χ1v) is 9.09. The molecule has 1 saturated carbocycles. The molecule has 3 rings (SSSR count). The number of methoxy groups -OCH3 is 1. The number of hydrogen-bond donors (Lipinski definition) is 2. The number of rotatable bonds is 5. The van der Waals surface area contributed by atoms with E-state index in [9.17, 15) is 4.79 Å². The number of piperidine rings is 1. The highest BCUT2D eigenvalue weighted by Crippen LogP contribution is 2.28. The number of nitrogens with zero attached hydrogens (tertiary/aromatic N) is 1. The van der Waals surface area contributed by atoms with Crippen LogP contribution in [0.25, 0.3) is 0 Å². The average Bonchev–Trinajstić information content (AvgIpc) is 3.00. The molecule has 0 unspecified atom stereocenters. The fourth-order valence-corrected chi connectivity index (χ4v) is 3.89. The number of benzene rings is 1. The van der Waals surface area contributed by atoms with Crippen LogP contribution in [-0.4, -0.2) is 43.1 Å². The molecule has 1 aliphatic carbocycles. The summed E-state index contributed by atoms with van der Waals surface area (Å²) in [6.45, 7) is 1.67. The summed E-state index contributed by atoms with van der Waals surface area (Å²) in [6, 6.07) is 8.64. The zero-order chi connectivity index (χ0) is 16.9. The van der Waals surface area contributed by atoms with Crippen molar-refractivity contribution in [1.29, 1.82) is 0 Å². The van der Waals surface area contributed by atoms with Crippen molar-refractivity contribution in [2.24, 2.45) is 11.7 Å². The Morgan fingerprint density at radius 1 is 1.29 bits per heavy atom. The molecule has 1 heterocycles. The van der Waals surface area contributed by atoms with Gasteiger partial charge < -0.3 is 20.7 Å². The molecule has 2 atom stereocenters. The molecule has 0 bridgehead atoms. The molecule has 1 aliphatic heterocycles. The minimum absolute atomic E-state index is 0.223. The summed E-state index contributed by atoms with van der Waals surface area (Å²) in [5, 5.41) is 3.56. The van der Waals surface area contributed by atoms with Gasteiger partial charge in [-0.2, -0.15) is 0 Å². The first kappa shape index (κ1) is 17.1. The van der Waals surface area contributed by atoms with E-state index in [4.69, 9.17) is 10.5 Å². The van der Waals surface area contributed by atoms with Crippen LogP contribution in [0.1, 0.15) is 38.5 Å². The first-order valence-electron chi connectivity index (χ1n) is 9.09. The standard InChI is InChI=1S/C19H29N3O2/c1-24-17-6-3-5-16(13-17)21-15-8-10-22(11-9-15)19(23)12-14-4-2-7-18(14)20/h3,5-6,13-15,18,21H,2,4,7-12,20H2,1H3/t14-,18+/m0/s1. The molecule has 1 amide bonds. The maximum atomic E-state index is 12.5. The van der Waals surface area contributed by atoms with Crippen LogP contribution in [-0.2, 0) is 4.79 Å². The highest BCUT2D eigenvalue weighted by atomic mass is 16.5. The van der Waals surface area contributed by atoms with Gasteiger partial charge in [0, 0.05) is 43.3 Å². The lowest BCUT2D eigenvalue weighted by atomic mass is 9.98. The van der Waals surface area contributed by atoms with E-state index in [1.807, 2.05) is 23.1 Å². The Morgan fingerprint density at radius 2 is 2.08 bits per heavy atom. The van der Waals surface area contributed by atoms with Gasteiger partial charge in [0.1, 0.15) is 5.75 Å². The van der Waals surface area contributed by atoms with Crippen LogP contribution >= 0.6 is 0 Å². The molecule has 24 heavy (non-hydrogen) atoms. The largest absolute Gasteiger partial charge is 0.497 e. The highest BCUT2D eigenvalue weighted by Gasteiger charge is 2.29. The minimum Gasteiger partial charge on any atom is -0.497 e. The molecule has 0 radical (unpaired) electrons. The SMILES string of the molecule is COc1cccc(NC2CCN(C(=O)C[C@@H]3CCC[C@H]3N)CC2)c1. The van der Waals surface area contributed by atoms with Gasteiger partial charge in [-0.1, -0.05) is 12.5 Å². The van der Waals surface area contributed by atoms with Crippen molar-refractivity contribution in [2.45, 2.75) is 50.6 Å². The Kier molecular flexibility index (Phi) is 5.61. The molecule has 5 heteroatoms. The zero-order valence-corrected chi connectivity index (χ0v) is 14.5. The van der Waals surface area contributed by atoms with E-state index >= 15 is 0 Å². The number of carbonyl (C=O) groups excluding carboxylic acids is 1. The summed E-state index contributed by atoms with van der Waals surface area (Å²) in [5.74, 6) is 1.54. The number of likely N-dealkylation sites (tertiary alicyclic amines) is 1. The van der Waals surface area contributed by atoms with Crippen molar-refractivity contribution < 1.29 is 9.53 Å². The molecule has 1 aromatic rings. The molecule has 132 valence electrons. The summed E-state index contributed by atoms with van der Waals surface area (Å²) >= 11 is 0. The molecule has 1 aromatic carbocycles. The third-order valence-electron chi connectivity index (χ3n) is 5.44. The second kappa shape index (κ2) is 7.88. The summed E-state index contributed by atoms with van der Waals surface area (Å²) < 4.78 is 5.26. The molecule has 0 spiro atoms. The maximum absolute atomic E-state index is 12.5. The third-order valence-corrected chi connectivity index (χ3v) is 5.44. The van der Waals surface area contributed by atoms with E-state index < -0.39 is 0 Å². The monoisotopic (exact) mass is 331 g/mol. The smallest absolute Gasteiger partial charge is 0.222 e. The van der Waals surface area contributed by atoms with Crippen molar-refractivity contribution >= 4 is 11.6 Å². The van der Waals surface area contributed by atoms with Crippen LogP contribution in [0.2, 0.25) is 0 Å². The van der Waals surface area contributed by atoms with Crippen LogP contribution in [0, 0.1) is 5.92 Å². The van der Waals surface area contributed by atoms with E-state index in [0.29, 0.717) is 18.4 Å². The number of carbonyl (C=O) groups is 1. The quantitative estimate of drug-likeness (QED) is 0.870. The Bertz CT molecular complexity index is 555. The molecule has 2 aliphatic rings. The Hall–Kier alpha value is -1.75. The fourth-order valence-electron chi connectivity index (χ4n) is 3.89. The lowest BCUT2D eigenvalue weighted by Gasteiger charge is -2.33. The zero-order valence-electron chi connectivity index (χ0n) is 14.5. The van der Waals surface area contributed by atoms with Crippen LogP contribution in [0.5, 0.6) is 5.75 Å². The predicted octanol–water partition coefficient (Wildman–Crippen LogP) is 2.62. The molecule has 0 aromatic heterocycles. The predicted molar refractivity (Wildman–Crippen MR) is 96.2 cm³/mol. The normalized spacial score (nSPS) is 24.8. The van der Waals surface area contributed by atoms with E-state index in [-0.39, 0.29) is 11.9 Å². The van der Waals surface area contributed by atoms with Gasteiger partial charge in [0.25, 0.3) is 0 Å². The molecule has 1 saturated heterocycles. The van der Waals surface area contributed by atoms with E-state index in [1.54, 1.807) is 7.11 Å². The van der Waals surface area contributed by atoms with Crippen molar-refractivity contribution in [3.05, 3.63) is 24.3 Å². The summed E-state index contributed by atoms with van der Waals surface area (Å²) in [6.07, 6.45) is 5.96. The maximum Gasteiger partial charge on any atom is 0.222 e. The number of ether oxygens (including phenoxy) is 1. The Balaban J connectivity index is 1.45. The van der Waals surface area contributed by atoms with Crippen LogP contribution < -0.4 is 15.8 Å². The van der Waals surface area contributed by atoms with Gasteiger partial charge in [-0.25, -0.2) is 0 Å². The summed E-state index contributed by atoms with van der Waals surface area (Å²) in [4.78, 5) is 14.5. The average molecular weight is 331 g/mol. The van der Waals surface area contributed by atoms with E-state index in [0.717, 1.165) is 50.2 Å². The number of nitrogens with one attached hydrogen (secondary N) is 1. The molecule has 5 nitrogen and oxygen atoms in total. The van der Waals surface area contributed by atoms with Gasteiger partial charge in [0.05, 0.1) is 7.11 Å². The van der Waals surface area contributed by atoms with E-state index in [1.165, 1.54) is 6.42 Å². The van der Waals surface area contributed by atoms with Crippen LogP contribution in [0.15, 0.2) is 24.3 Å². The van der Waals surface area contributed by atoms with E-state index in [2.05, 4.69) is 11.4 Å². The second-order valence-corrected chi connectivity index (χ2v) is 7.09. The van der Waals surface area contributed by atoms with Gasteiger partial charge in [-0.05, 0) is 43.7 Å². The van der Waals surface area contributed by atoms with Gasteiger partial charge in [0.2, 0.25) is 5.91 Å². The summed E-state index contributed by atoms with van der Waals surface area (Å²) in [5.41, 5.74) is 7.18. The van der Waals surface area contributed by atoms with Crippen molar-refractivity contribution in [3.63, 3.8) is 0 Å². The van der Waals surface area contributed by atoms with Crippen molar-refractivity contribution in [1.82, 2.24) is 4.90 Å². The van der Waals surface area contributed by atoms with Crippen molar-refractivity contribution in [3.8, 4) is 5.75 Å². The Morgan fingerprint density at radius 3 is 2.75 bits per heavy atom. The molecular formula is C19H29N3O2. The van der Waals surface area contributed by atoms with Gasteiger partial charge >= 0.3 is 0 Å². The van der Waals surface area contributed by atoms with Crippen LogP contribution in [0.4, 0.5) is 5.69 Å². The van der Waals surface area contributed by atoms with Gasteiger partial charge in [0.15, 0.2) is 0 Å². The fraction of sp³-hybridized carbons (Fsp3) is 0.632. The lowest BCUT2D eigenvalue weighted by molar-refractivity contribution is -0.133. The van der Waals surface area contributed by atoms with Gasteiger partial charge in [-0.3, -0.25) is 4.79 Å². The second-order valence-electron chi connectivity index (χ2n) is 7.09. The van der Waals surface area contributed by atoms with Crippen LogP contribution in [0.3, 0.4) is 0 Å². The molecule has 2 fully saturated rings. The topological polar surface area (TPSA) is 67.6 Å². The third kappa shape index (κ3) is 4.20. The van der Waals surface area contributed by atoms with Gasteiger partial charge in [-0.15, -0.1) is 0 Å². The first-order chi connectivity index (χ1) is 11.7. The van der Waals surface area contributed by atoms with Crippen molar-refractivity contribution in [2.75, 3.05) is 25.5 Å². The number of hydrogen-bond acceptors (Lipinski definition) is 4. The minimum atomic E-state index is 0.223. The lowest BCUT2D eigenvalue weighted by Crippen LogP contribution is -2.43. The molecular weight excluding hydrogens is 302 g/mol. The highest BCUT2D eigenvalue weighted by molar-refractivity contribution is 5.76.